The molecule has 0 saturated heterocycles. The summed E-state index contributed by atoms with van der Waals surface area (Å²) in [5.74, 6) is 0. The molecular formula is C17H27NOS. The second-order valence-corrected chi connectivity index (χ2v) is 7.45. The third-order valence-electron chi connectivity index (χ3n) is 4.16. The molecule has 0 aromatic heterocycles. The number of rotatable bonds is 6. The molecule has 1 aromatic rings. The SMILES string of the molecule is CN(C)CCC[C@@]1(O)CCCC[C@H]1Sc1ccccc1. The van der Waals surface area contributed by atoms with Gasteiger partial charge in [0.05, 0.1) is 5.60 Å². The van der Waals surface area contributed by atoms with E-state index in [1.54, 1.807) is 0 Å². The van der Waals surface area contributed by atoms with Gasteiger partial charge in [0.15, 0.2) is 0 Å². The summed E-state index contributed by atoms with van der Waals surface area (Å²) in [5, 5.41) is 11.4. The first-order chi connectivity index (χ1) is 9.60. The van der Waals surface area contributed by atoms with E-state index >= 15 is 0 Å². The summed E-state index contributed by atoms with van der Waals surface area (Å²) < 4.78 is 0. The van der Waals surface area contributed by atoms with Gasteiger partial charge in [-0.2, -0.15) is 0 Å². The maximum Gasteiger partial charge on any atom is 0.0769 e. The second-order valence-electron chi connectivity index (χ2n) is 6.18. The van der Waals surface area contributed by atoms with Gasteiger partial charge in [-0.15, -0.1) is 11.8 Å². The van der Waals surface area contributed by atoms with E-state index in [0.717, 1.165) is 32.2 Å². The Bertz CT molecular complexity index is 395. The minimum absolute atomic E-state index is 0.348. The minimum atomic E-state index is -0.477. The Morgan fingerprint density at radius 1 is 1.25 bits per heavy atom. The van der Waals surface area contributed by atoms with Gasteiger partial charge in [0, 0.05) is 10.1 Å². The van der Waals surface area contributed by atoms with E-state index < -0.39 is 5.60 Å². The van der Waals surface area contributed by atoms with Crippen LogP contribution in [0.5, 0.6) is 0 Å². The molecule has 0 spiro atoms. The number of aliphatic hydroxyl groups is 1. The van der Waals surface area contributed by atoms with Gasteiger partial charge in [0.2, 0.25) is 0 Å². The normalized spacial score (nSPS) is 26.9. The number of hydrogen-bond acceptors (Lipinski definition) is 3. The van der Waals surface area contributed by atoms with Crippen molar-refractivity contribution in [3.8, 4) is 0 Å². The highest BCUT2D eigenvalue weighted by Gasteiger charge is 2.38. The van der Waals surface area contributed by atoms with Gasteiger partial charge < -0.3 is 10.0 Å². The van der Waals surface area contributed by atoms with E-state index in [1.165, 1.54) is 17.7 Å². The number of nitrogens with zero attached hydrogens (tertiary/aromatic N) is 1. The maximum absolute atomic E-state index is 11.1. The molecule has 3 heteroatoms. The highest BCUT2D eigenvalue weighted by atomic mass is 32.2. The molecule has 20 heavy (non-hydrogen) atoms. The molecule has 0 aliphatic heterocycles. The lowest BCUT2D eigenvalue weighted by Crippen LogP contribution is -2.43. The van der Waals surface area contributed by atoms with Crippen molar-refractivity contribution in [3.05, 3.63) is 30.3 Å². The summed E-state index contributed by atoms with van der Waals surface area (Å²) in [5.41, 5.74) is -0.477. The van der Waals surface area contributed by atoms with Gasteiger partial charge in [-0.05, 0) is 58.5 Å². The predicted molar refractivity (Wildman–Crippen MR) is 87.3 cm³/mol. The van der Waals surface area contributed by atoms with Crippen LogP contribution >= 0.6 is 11.8 Å². The molecule has 1 aliphatic carbocycles. The van der Waals surface area contributed by atoms with Crippen molar-refractivity contribution in [2.24, 2.45) is 0 Å². The standard InChI is InChI=1S/C17H27NOS/c1-18(2)14-8-13-17(19)12-7-6-11-16(17)20-15-9-4-3-5-10-15/h3-5,9-10,16,19H,6-8,11-14H2,1-2H3/t16-,17+/m1/s1. The largest absolute Gasteiger partial charge is 0.389 e. The topological polar surface area (TPSA) is 23.5 Å². The van der Waals surface area contributed by atoms with E-state index in [-0.39, 0.29) is 0 Å². The fourth-order valence-electron chi connectivity index (χ4n) is 3.01. The second kappa shape index (κ2) is 7.48. The molecule has 2 atom stereocenters. The Labute approximate surface area is 127 Å². The molecule has 1 N–H and O–H groups in total. The van der Waals surface area contributed by atoms with Crippen molar-refractivity contribution in [3.63, 3.8) is 0 Å². The van der Waals surface area contributed by atoms with Gasteiger partial charge in [-0.3, -0.25) is 0 Å². The molecule has 0 heterocycles. The lowest BCUT2D eigenvalue weighted by Gasteiger charge is -2.40. The summed E-state index contributed by atoms with van der Waals surface area (Å²) in [7, 11) is 4.20. The molecule has 0 unspecified atom stereocenters. The van der Waals surface area contributed by atoms with Crippen molar-refractivity contribution < 1.29 is 5.11 Å². The van der Waals surface area contributed by atoms with Gasteiger partial charge in [0.25, 0.3) is 0 Å². The molecule has 112 valence electrons. The van der Waals surface area contributed by atoms with Gasteiger partial charge in [-0.1, -0.05) is 31.0 Å². The average molecular weight is 293 g/mol. The number of thioether (sulfide) groups is 1. The predicted octanol–water partition coefficient (Wildman–Crippen LogP) is 3.79. The van der Waals surface area contributed by atoms with Crippen LogP contribution in [-0.2, 0) is 0 Å². The molecular weight excluding hydrogens is 266 g/mol. The summed E-state index contributed by atoms with van der Waals surface area (Å²) in [6, 6.07) is 10.5. The van der Waals surface area contributed by atoms with Crippen LogP contribution in [0.1, 0.15) is 38.5 Å². The highest BCUT2D eigenvalue weighted by Crippen LogP contribution is 2.42. The molecule has 1 aliphatic rings. The van der Waals surface area contributed by atoms with Crippen LogP contribution in [0.2, 0.25) is 0 Å². The van der Waals surface area contributed by atoms with Gasteiger partial charge in [-0.25, -0.2) is 0 Å². The molecule has 1 fully saturated rings. The molecule has 1 saturated carbocycles. The van der Waals surface area contributed by atoms with Crippen molar-refractivity contribution in [2.45, 2.75) is 54.3 Å². The first-order valence-electron chi connectivity index (χ1n) is 7.69. The van der Waals surface area contributed by atoms with Crippen molar-refractivity contribution >= 4 is 11.8 Å². The fraction of sp³-hybridized carbons (Fsp3) is 0.647. The fourth-order valence-corrected chi connectivity index (χ4v) is 4.39. The highest BCUT2D eigenvalue weighted by molar-refractivity contribution is 8.00. The van der Waals surface area contributed by atoms with Crippen LogP contribution in [-0.4, -0.2) is 41.5 Å². The van der Waals surface area contributed by atoms with E-state index in [2.05, 4.69) is 43.3 Å². The summed E-state index contributed by atoms with van der Waals surface area (Å²) in [4.78, 5) is 3.48. The summed E-state index contributed by atoms with van der Waals surface area (Å²) in [6.45, 7) is 1.06. The summed E-state index contributed by atoms with van der Waals surface area (Å²) >= 11 is 1.87. The first kappa shape index (κ1) is 15.9. The third-order valence-corrected chi connectivity index (χ3v) is 5.67. The molecule has 0 bridgehead atoms. The Morgan fingerprint density at radius 3 is 2.70 bits per heavy atom. The van der Waals surface area contributed by atoms with Gasteiger partial charge in [0.1, 0.15) is 0 Å². The Balaban J connectivity index is 1.96. The molecule has 0 amide bonds. The van der Waals surface area contributed by atoms with Crippen LogP contribution < -0.4 is 0 Å². The zero-order chi connectivity index (χ0) is 14.4. The van der Waals surface area contributed by atoms with Gasteiger partial charge >= 0.3 is 0 Å². The lowest BCUT2D eigenvalue weighted by atomic mass is 9.81. The van der Waals surface area contributed by atoms with Crippen LogP contribution in [0.25, 0.3) is 0 Å². The smallest absolute Gasteiger partial charge is 0.0769 e. The zero-order valence-corrected chi connectivity index (χ0v) is 13.5. The van der Waals surface area contributed by atoms with E-state index in [1.807, 2.05) is 17.8 Å². The van der Waals surface area contributed by atoms with Crippen molar-refractivity contribution in [1.29, 1.82) is 0 Å². The maximum atomic E-state index is 11.1. The number of benzene rings is 1. The first-order valence-corrected chi connectivity index (χ1v) is 8.57. The minimum Gasteiger partial charge on any atom is -0.389 e. The lowest BCUT2D eigenvalue weighted by molar-refractivity contribution is -0.000181. The monoisotopic (exact) mass is 293 g/mol. The Kier molecular flexibility index (Phi) is 5.94. The Morgan fingerprint density at radius 2 is 2.00 bits per heavy atom. The molecule has 1 aromatic carbocycles. The molecule has 2 rings (SSSR count). The zero-order valence-electron chi connectivity index (χ0n) is 12.7. The molecule has 0 radical (unpaired) electrons. The van der Waals surface area contributed by atoms with Crippen molar-refractivity contribution in [1.82, 2.24) is 4.90 Å². The van der Waals surface area contributed by atoms with Crippen LogP contribution in [0, 0.1) is 0 Å². The summed E-state index contributed by atoms with van der Waals surface area (Å²) in [6.07, 6.45) is 6.53. The Hall–Kier alpha value is -0.510. The van der Waals surface area contributed by atoms with Crippen LogP contribution in [0.3, 0.4) is 0 Å². The molecule has 2 nitrogen and oxygen atoms in total. The quantitative estimate of drug-likeness (QED) is 0.863. The third kappa shape index (κ3) is 4.51. The average Bonchev–Trinajstić information content (AvgIpc) is 2.42. The van der Waals surface area contributed by atoms with Crippen molar-refractivity contribution in [2.75, 3.05) is 20.6 Å². The number of hydrogen-bond donors (Lipinski definition) is 1. The van der Waals surface area contributed by atoms with E-state index in [9.17, 15) is 5.11 Å². The van der Waals surface area contributed by atoms with E-state index in [0.29, 0.717) is 5.25 Å². The van der Waals surface area contributed by atoms with E-state index in [4.69, 9.17) is 0 Å². The van der Waals surface area contributed by atoms with Crippen LogP contribution in [0.4, 0.5) is 0 Å². The van der Waals surface area contributed by atoms with Crippen LogP contribution in [0.15, 0.2) is 35.2 Å².